The van der Waals surface area contributed by atoms with Crippen LogP contribution >= 0.6 is 0 Å². The highest BCUT2D eigenvalue weighted by atomic mass is 16.5. The lowest BCUT2D eigenvalue weighted by molar-refractivity contribution is 0.0955. The topological polar surface area (TPSA) is 68.5 Å². The molecule has 122 valence electrons. The van der Waals surface area contributed by atoms with Crippen molar-refractivity contribution in [2.45, 2.75) is 6.92 Å². The van der Waals surface area contributed by atoms with Gasteiger partial charge in [-0.15, -0.1) is 0 Å². The molecule has 6 heteroatoms. The van der Waals surface area contributed by atoms with Gasteiger partial charge in [0, 0.05) is 47.2 Å². The van der Waals surface area contributed by atoms with Gasteiger partial charge in [-0.25, -0.2) is 5.43 Å². The molecule has 0 radical (unpaired) electrons. The van der Waals surface area contributed by atoms with Gasteiger partial charge in [0.05, 0.1) is 13.3 Å². The maximum absolute atomic E-state index is 12.0. The molecule has 0 spiro atoms. The normalized spacial score (nSPS) is 11.1. The lowest BCUT2D eigenvalue weighted by Gasteiger charge is -2.01. The predicted octanol–water partition coefficient (Wildman–Crippen LogP) is 2.65. The number of nitrogens with zero attached hydrogens (tertiary/aromatic N) is 3. The van der Waals surface area contributed by atoms with Gasteiger partial charge in [-0.3, -0.25) is 9.78 Å². The number of fused-ring (bicyclic) bond motifs is 1. The molecule has 24 heavy (non-hydrogen) atoms. The molecule has 3 rings (SSSR count). The van der Waals surface area contributed by atoms with Gasteiger partial charge < -0.3 is 9.30 Å². The number of aryl methyl sites for hydroxylation is 1. The van der Waals surface area contributed by atoms with Crippen LogP contribution in [0.25, 0.3) is 10.9 Å². The number of hydrogen-bond donors (Lipinski definition) is 1. The zero-order valence-electron chi connectivity index (χ0n) is 13.8. The molecule has 2 aromatic heterocycles. The van der Waals surface area contributed by atoms with Gasteiger partial charge in [-0.2, -0.15) is 5.10 Å². The monoisotopic (exact) mass is 322 g/mol. The average molecular weight is 322 g/mol. The minimum absolute atomic E-state index is 0.274. The van der Waals surface area contributed by atoms with E-state index in [-0.39, 0.29) is 5.91 Å². The highest BCUT2D eigenvalue weighted by Crippen LogP contribution is 2.27. The van der Waals surface area contributed by atoms with Crippen LogP contribution in [-0.4, -0.2) is 28.8 Å². The second kappa shape index (κ2) is 6.54. The number of hydrazone groups is 1. The minimum atomic E-state index is -0.274. The van der Waals surface area contributed by atoms with Crippen LogP contribution < -0.4 is 10.2 Å². The van der Waals surface area contributed by atoms with Gasteiger partial charge in [0.15, 0.2) is 0 Å². The van der Waals surface area contributed by atoms with Crippen LogP contribution in [0, 0.1) is 6.92 Å². The molecule has 0 atom stereocenters. The van der Waals surface area contributed by atoms with Crippen molar-refractivity contribution >= 4 is 23.0 Å². The summed E-state index contributed by atoms with van der Waals surface area (Å²) in [6, 6.07) is 9.17. The van der Waals surface area contributed by atoms with E-state index in [0.717, 1.165) is 27.9 Å². The third-order valence-corrected chi connectivity index (χ3v) is 4.05. The lowest BCUT2D eigenvalue weighted by Crippen LogP contribution is -2.17. The maximum Gasteiger partial charge on any atom is 0.271 e. The summed E-state index contributed by atoms with van der Waals surface area (Å²) in [4.78, 5) is 15.9. The fourth-order valence-electron chi connectivity index (χ4n) is 2.59. The fraction of sp³-hybridized carbons (Fsp3) is 0.167. The third-order valence-electron chi connectivity index (χ3n) is 4.05. The summed E-state index contributed by atoms with van der Waals surface area (Å²) in [7, 11) is 3.64. The maximum atomic E-state index is 12.0. The molecule has 0 bridgehead atoms. The standard InChI is InChI=1S/C18H18N4O2/c1-12-16(11-20-21-18(23)13-6-8-19-9-7-13)15-10-14(24-3)4-5-17(15)22(12)2/h4-11H,1-3H3,(H,21,23)/b20-11+. The van der Waals surface area contributed by atoms with Gasteiger partial charge in [0.25, 0.3) is 5.91 Å². The van der Waals surface area contributed by atoms with Crippen molar-refractivity contribution in [1.29, 1.82) is 0 Å². The van der Waals surface area contributed by atoms with E-state index in [1.165, 1.54) is 0 Å². The zero-order valence-corrected chi connectivity index (χ0v) is 13.8. The Labute approximate surface area is 139 Å². The van der Waals surface area contributed by atoms with Crippen molar-refractivity contribution in [2.75, 3.05) is 7.11 Å². The highest BCUT2D eigenvalue weighted by molar-refractivity contribution is 6.02. The van der Waals surface area contributed by atoms with Crippen LogP contribution in [0.5, 0.6) is 5.75 Å². The van der Waals surface area contributed by atoms with Gasteiger partial charge in [-0.1, -0.05) is 0 Å². The second-order valence-corrected chi connectivity index (χ2v) is 5.38. The summed E-state index contributed by atoms with van der Waals surface area (Å²) >= 11 is 0. The Kier molecular flexibility index (Phi) is 4.29. The van der Waals surface area contributed by atoms with Gasteiger partial charge in [0.1, 0.15) is 5.75 Å². The van der Waals surface area contributed by atoms with E-state index in [4.69, 9.17) is 4.74 Å². The number of amides is 1. The number of nitrogens with one attached hydrogen (secondary N) is 1. The van der Waals surface area contributed by atoms with E-state index in [9.17, 15) is 4.79 Å². The minimum Gasteiger partial charge on any atom is -0.497 e. The molecule has 0 aliphatic rings. The predicted molar refractivity (Wildman–Crippen MR) is 93.5 cm³/mol. The summed E-state index contributed by atoms with van der Waals surface area (Å²) in [6.45, 7) is 2.01. The van der Waals surface area contributed by atoms with Crippen molar-refractivity contribution in [2.24, 2.45) is 12.1 Å². The molecule has 0 aliphatic carbocycles. The Bertz CT molecular complexity index is 914. The summed E-state index contributed by atoms with van der Waals surface area (Å²) in [5.41, 5.74) is 6.13. The first-order valence-corrected chi connectivity index (χ1v) is 7.48. The Balaban J connectivity index is 1.89. The number of carbonyl (C=O) groups excluding carboxylic acids is 1. The van der Waals surface area contributed by atoms with Crippen LogP contribution in [0.2, 0.25) is 0 Å². The van der Waals surface area contributed by atoms with Crippen molar-refractivity contribution < 1.29 is 9.53 Å². The first kappa shape index (κ1) is 15.7. The van der Waals surface area contributed by atoms with E-state index >= 15 is 0 Å². The first-order chi connectivity index (χ1) is 11.6. The molecule has 0 unspecified atom stereocenters. The second-order valence-electron chi connectivity index (χ2n) is 5.38. The van der Waals surface area contributed by atoms with Crippen LogP contribution in [0.4, 0.5) is 0 Å². The number of hydrogen-bond acceptors (Lipinski definition) is 4. The van der Waals surface area contributed by atoms with Gasteiger partial charge in [0.2, 0.25) is 0 Å². The molecule has 0 fully saturated rings. The number of aromatic nitrogens is 2. The number of methoxy groups -OCH3 is 1. The largest absolute Gasteiger partial charge is 0.497 e. The molecule has 1 N–H and O–H groups in total. The lowest BCUT2D eigenvalue weighted by atomic mass is 10.1. The van der Waals surface area contributed by atoms with E-state index in [2.05, 4.69) is 20.1 Å². The number of pyridine rings is 1. The van der Waals surface area contributed by atoms with Crippen molar-refractivity contribution in [3.63, 3.8) is 0 Å². The molecule has 0 saturated carbocycles. The quantitative estimate of drug-likeness (QED) is 0.593. The molecule has 3 aromatic rings. The summed E-state index contributed by atoms with van der Waals surface area (Å²) < 4.78 is 7.38. The molecular formula is C18H18N4O2. The summed E-state index contributed by atoms with van der Waals surface area (Å²) in [5, 5.41) is 5.12. The van der Waals surface area contributed by atoms with Crippen molar-refractivity contribution in [3.05, 3.63) is 59.5 Å². The SMILES string of the molecule is COc1ccc2c(c1)c(/C=N/NC(=O)c1ccncc1)c(C)n2C. The molecule has 0 aliphatic heterocycles. The molecule has 1 amide bonds. The Morgan fingerprint density at radius 3 is 2.75 bits per heavy atom. The van der Waals surface area contributed by atoms with Crippen LogP contribution in [0.3, 0.4) is 0 Å². The molecular weight excluding hydrogens is 304 g/mol. The summed E-state index contributed by atoms with van der Waals surface area (Å²) in [6.07, 6.45) is 4.80. The smallest absolute Gasteiger partial charge is 0.271 e. The molecule has 0 saturated heterocycles. The number of carbonyl (C=O) groups is 1. The first-order valence-electron chi connectivity index (χ1n) is 7.48. The Morgan fingerprint density at radius 1 is 1.29 bits per heavy atom. The number of ether oxygens (including phenoxy) is 1. The zero-order chi connectivity index (χ0) is 17.1. The highest BCUT2D eigenvalue weighted by Gasteiger charge is 2.11. The van der Waals surface area contributed by atoms with E-state index in [1.807, 2.05) is 32.2 Å². The van der Waals surface area contributed by atoms with E-state index < -0.39 is 0 Å². The molecule has 6 nitrogen and oxygen atoms in total. The number of benzene rings is 1. The van der Waals surface area contributed by atoms with Crippen LogP contribution in [0.1, 0.15) is 21.6 Å². The number of rotatable bonds is 4. The van der Waals surface area contributed by atoms with Gasteiger partial charge in [-0.05, 0) is 37.3 Å². The Morgan fingerprint density at radius 2 is 2.04 bits per heavy atom. The van der Waals surface area contributed by atoms with Crippen LogP contribution in [0.15, 0.2) is 47.8 Å². The van der Waals surface area contributed by atoms with Crippen molar-refractivity contribution in [1.82, 2.24) is 15.0 Å². The van der Waals surface area contributed by atoms with E-state index in [1.54, 1.807) is 37.9 Å². The third kappa shape index (κ3) is 2.86. The van der Waals surface area contributed by atoms with Crippen LogP contribution in [-0.2, 0) is 7.05 Å². The average Bonchev–Trinajstić information content (AvgIpc) is 2.86. The Hall–Kier alpha value is -3.15. The van der Waals surface area contributed by atoms with Crippen molar-refractivity contribution in [3.8, 4) is 5.75 Å². The van der Waals surface area contributed by atoms with Gasteiger partial charge >= 0.3 is 0 Å². The molecule has 2 heterocycles. The summed E-state index contributed by atoms with van der Waals surface area (Å²) in [5.74, 6) is 0.507. The van der Waals surface area contributed by atoms with E-state index in [0.29, 0.717) is 5.56 Å². The molecule has 1 aromatic carbocycles. The fourth-order valence-corrected chi connectivity index (χ4v) is 2.59.